The van der Waals surface area contributed by atoms with Gasteiger partial charge in [0.1, 0.15) is 5.75 Å². The summed E-state index contributed by atoms with van der Waals surface area (Å²) in [5, 5.41) is 13.1. The topological polar surface area (TPSA) is 81.5 Å². The van der Waals surface area contributed by atoms with E-state index in [1.54, 1.807) is 0 Å². The Hall–Kier alpha value is -2.24. The number of phenols is 1. The minimum absolute atomic E-state index is 0.00778. The molecule has 1 aromatic carbocycles. The number of methoxy groups -OCH3 is 1. The molecule has 84 valence electrons. The van der Waals surface area contributed by atoms with Crippen LogP contribution in [-0.2, 0) is 0 Å². The fraction of sp³-hybridized carbons (Fsp3) is 0.100. The van der Waals surface area contributed by atoms with Gasteiger partial charge in [-0.3, -0.25) is 0 Å². The van der Waals surface area contributed by atoms with Crippen LogP contribution >= 0.6 is 0 Å². The Bertz CT molecular complexity index is 525. The van der Waals surface area contributed by atoms with Crippen molar-refractivity contribution in [2.45, 2.75) is 0 Å². The minimum atomic E-state index is -0.654. The minimum Gasteiger partial charge on any atom is -0.507 e. The van der Waals surface area contributed by atoms with Gasteiger partial charge in [-0.1, -0.05) is 5.16 Å². The first-order valence-electron chi connectivity index (χ1n) is 4.40. The van der Waals surface area contributed by atoms with Gasteiger partial charge >= 0.3 is 0 Å². The lowest BCUT2D eigenvalue weighted by Gasteiger charge is -2.06. The van der Waals surface area contributed by atoms with Gasteiger partial charge in [0, 0.05) is 11.6 Å². The molecule has 0 atom stereocenters. The Kier molecular flexibility index (Phi) is 2.40. The van der Waals surface area contributed by atoms with E-state index in [4.69, 9.17) is 10.5 Å². The highest BCUT2D eigenvalue weighted by molar-refractivity contribution is 5.77. The molecule has 5 nitrogen and oxygen atoms in total. The molecule has 0 bridgehead atoms. The van der Waals surface area contributed by atoms with E-state index in [1.807, 2.05) is 0 Å². The van der Waals surface area contributed by atoms with Gasteiger partial charge in [0.2, 0.25) is 5.88 Å². The number of halogens is 1. The first kappa shape index (κ1) is 10.3. The molecule has 2 rings (SSSR count). The van der Waals surface area contributed by atoms with Crippen molar-refractivity contribution in [1.29, 1.82) is 0 Å². The van der Waals surface area contributed by atoms with Gasteiger partial charge in [-0.05, 0) is 6.07 Å². The molecule has 0 aliphatic carbocycles. The maximum absolute atomic E-state index is 13.2. The van der Waals surface area contributed by atoms with Gasteiger partial charge in [0.25, 0.3) is 0 Å². The van der Waals surface area contributed by atoms with E-state index in [2.05, 4.69) is 9.68 Å². The zero-order valence-electron chi connectivity index (χ0n) is 8.40. The predicted molar refractivity (Wildman–Crippen MR) is 54.5 cm³/mol. The number of aromatic nitrogens is 1. The second-order valence-corrected chi connectivity index (χ2v) is 3.11. The molecular formula is C10H9FN2O3. The molecule has 0 fully saturated rings. The second kappa shape index (κ2) is 3.73. The third-order valence-electron chi connectivity index (χ3n) is 2.16. The molecule has 0 amide bonds. The predicted octanol–water partition coefficient (Wildman–Crippen LogP) is 1.78. The summed E-state index contributed by atoms with van der Waals surface area (Å²) in [6, 6.07) is 2.27. The van der Waals surface area contributed by atoms with Crippen molar-refractivity contribution in [3.63, 3.8) is 0 Å². The van der Waals surface area contributed by atoms with Crippen LogP contribution in [0.2, 0.25) is 0 Å². The number of ether oxygens (including phenoxy) is 1. The molecule has 6 heteroatoms. The van der Waals surface area contributed by atoms with E-state index in [0.29, 0.717) is 11.1 Å². The molecule has 1 aromatic heterocycles. The summed E-state index contributed by atoms with van der Waals surface area (Å²) in [5.41, 5.74) is 6.18. The van der Waals surface area contributed by atoms with Crippen molar-refractivity contribution in [2.24, 2.45) is 0 Å². The first-order chi connectivity index (χ1) is 7.63. The lowest BCUT2D eigenvalue weighted by atomic mass is 10.1. The van der Waals surface area contributed by atoms with Crippen molar-refractivity contribution < 1.29 is 18.8 Å². The highest BCUT2D eigenvalue weighted by Gasteiger charge is 2.15. The van der Waals surface area contributed by atoms with Gasteiger partial charge in [0.05, 0.1) is 18.9 Å². The highest BCUT2D eigenvalue weighted by Crippen LogP contribution is 2.37. The van der Waals surface area contributed by atoms with Crippen molar-refractivity contribution in [3.8, 4) is 22.6 Å². The SMILES string of the molecule is COc1cc(-c2cnoc2N)c(O)cc1F. The fourth-order valence-corrected chi connectivity index (χ4v) is 1.37. The van der Waals surface area contributed by atoms with E-state index >= 15 is 0 Å². The zero-order valence-corrected chi connectivity index (χ0v) is 8.40. The van der Waals surface area contributed by atoms with Gasteiger partial charge in [-0.15, -0.1) is 0 Å². The van der Waals surface area contributed by atoms with Crippen LogP contribution in [0.4, 0.5) is 10.3 Å². The second-order valence-electron chi connectivity index (χ2n) is 3.11. The average Bonchev–Trinajstić information content (AvgIpc) is 2.65. The highest BCUT2D eigenvalue weighted by atomic mass is 19.1. The molecule has 0 spiro atoms. The molecule has 0 saturated heterocycles. The van der Waals surface area contributed by atoms with Crippen LogP contribution in [-0.4, -0.2) is 17.4 Å². The Balaban J connectivity index is 2.61. The average molecular weight is 224 g/mol. The monoisotopic (exact) mass is 224 g/mol. The van der Waals surface area contributed by atoms with Crippen molar-refractivity contribution in [2.75, 3.05) is 12.8 Å². The van der Waals surface area contributed by atoms with Crippen molar-refractivity contribution >= 4 is 5.88 Å². The van der Waals surface area contributed by atoms with Crippen LogP contribution in [0.1, 0.15) is 0 Å². The number of anilines is 1. The molecule has 3 N–H and O–H groups in total. The Morgan fingerprint density at radius 1 is 1.44 bits per heavy atom. The Morgan fingerprint density at radius 3 is 2.75 bits per heavy atom. The number of aromatic hydroxyl groups is 1. The maximum atomic E-state index is 13.2. The van der Waals surface area contributed by atoms with E-state index in [0.717, 1.165) is 6.07 Å². The molecule has 1 heterocycles. The molecule has 0 aliphatic rings. The smallest absolute Gasteiger partial charge is 0.230 e. The van der Waals surface area contributed by atoms with Crippen LogP contribution in [0, 0.1) is 5.82 Å². The van der Waals surface area contributed by atoms with Crippen LogP contribution in [0.3, 0.4) is 0 Å². The standard InChI is InChI=1S/C10H9FN2O3/c1-15-9-2-5(8(14)3-7(9)11)6-4-13-16-10(6)12/h2-4,14H,12H2,1H3. The summed E-state index contributed by atoms with van der Waals surface area (Å²) >= 11 is 0. The van der Waals surface area contributed by atoms with Crippen LogP contribution in [0.15, 0.2) is 22.9 Å². The Morgan fingerprint density at radius 2 is 2.19 bits per heavy atom. The molecular weight excluding hydrogens is 215 g/mol. The van der Waals surface area contributed by atoms with Crippen molar-refractivity contribution in [3.05, 3.63) is 24.1 Å². The number of nitrogen functional groups attached to an aromatic ring is 1. The maximum Gasteiger partial charge on any atom is 0.230 e. The van der Waals surface area contributed by atoms with Gasteiger partial charge < -0.3 is 20.1 Å². The largest absolute Gasteiger partial charge is 0.507 e. The fourth-order valence-electron chi connectivity index (χ4n) is 1.37. The number of rotatable bonds is 2. The van der Waals surface area contributed by atoms with Gasteiger partial charge in [0.15, 0.2) is 11.6 Å². The molecule has 2 aromatic rings. The number of benzene rings is 1. The van der Waals surface area contributed by atoms with Gasteiger partial charge in [-0.25, -0.2) is 4.39 Å². The van der Waals surface area contributed by atoms with E-state index in [1.165, 1.54) is 19.4 Å². The van der Waals surface area contributed by atoms with Crippen LogP contribution in [0.5, 0.6) is 11.5 Å². The summed E-state index contributed by atoms with van der Waals surface area (Å²) in [4.78, 5) is 0. The number of hydrogen-bond acceptors (Lipinski definition) is 5. The summed E-state index contributed by atoms with van der Waals surface area (Å²) in [7, 11) is 1.33. The summed E-state index contributed by atoms with van der Waals surface area (Å²) in [5.74, 6) is -0.857. The quantitative estimate of drug-likeness (QED) is 0.812. The zero-order chi connectivity index (χ0) is 11.7. The normalized spacial score (nSPS) is 10.4. The third-order valence-corrected chi connectivity index (χ3v) is 2.16. The molecule has 0 saturated carbocycles. The molecule has 16 heavy (non-hydrogen) atoms. The third kappa shape index (κ3) is 1.54. The summed E-state index contributed by atoms with van der Waals surface area (Å²) in [6.07, 6.45) is 1.34. The van der Waals surface area contributed by atoms with E-state index in [9.17, 15) is 9.50 Å². The van der Waals surface area contributed by atoms with E-state index < -0.39 is 5.82 Å². The summed E-state index contributed by atoms with van der Waals surface area (Å²) in [6.45, 7) is 0. The van der Waals surface area contributed by atoms with Crippen molar-refractivity contribution in [1.82, 2.24) is 5.16 Å². The summed E-state index contributed by atoms with van der Waals surface area (Å²) < 4.78 is 22.7. The molecule has 0 unspecified atom stereocenters. The first-order valence-corrected chi connectivity index (χ1v) is 4.40. The van der Waals surface area contributed by atoms with E-state index in [-0.39, 0.29) is 17.4 Å². The molecule has 0 aliphatic heterocycles. The lowest BCUT2D eigenvalue weighted by Crippen LogP contribution is -1.91. The number of nitrogens with zero attached hydrogens (tertiary/aromatic N) is 1. The number of phenolic OH excluding ortho intramolecular Hbond substituents is 1. The number of hydrogen-bond donors (Lipinski definition) is 2. The van der Waals surface area contributed by atoms with Crippen LogP contribution in [0.25, 0.3) is 11.1 Å². The molecule has 0 radical (unpaired) electrons. The Labute approximate surface area is 90.2 Å². The lowest BCUT2D eigenvalue weighted by molar-refractivity contribution is 0.383. The van der Waals surface area contributed by atoms with Gasteiger partial charge in [-0.2, -0.15) is 0 Å². The number of nitrogens with two attached hydrogens (primary N) is 1. The van der Waals surface area contributed by atoms with Crippen LogP contribution < -0.4 is 10.5 Å².